The van der Waals surface area contributed by atoms with Crippen LogP contribution >= 0.6 is 0 Å². The SMILES string of the molecule is Cc1[nH]c2ccccc2c1CC1CCN(C(=O)Cc2ccccc2)CC1. The molecule has 1 saturated heterocycles. The second-order valence-corrected chi connectivity index (χ2v) is 7.46. The number of rotatable bonds is 4. The zero-order chi connectivity index (χ0) is 17.9. The molecular weight excluding hydrogens is 320 g/mol. The molecule has 134 valence electrons. The normalized spacial score (nSPS) is 15.5. The molecule has 0 spiro atoms. The molecule has 1 fully saturated rings. The van der Waals surface area contributed by atoms with Crippen LogP contribution in [0.2, 0.25) is 0 Å². The maximum atomic E-state index is 12.5. The largest absolute Gasteiger partial charge is 0.358 e. The fraction of sp³-hybridized carbons (Fsp3) is 0.348. The Kier molecular flexibility index (Phi) is 4.79. The van der Waals surface area contributed by atoms with Crippen molar-refractivity contribution in [2.45, 2.75) is 32.6 Å². The first-order valence-corrected chi connectivity index (χ1v) is 9.58. The lowest BCUT2D eigenvalue weighted by atomic mass is 9.89. The van der Waals surface area contributed by atoms with Gasteiger partial charge in [0.25, 0.3) is 0 Å². The van der Waals surface area contributed by atoms with E-state index in [-0.39, 0.29) is 5.91 Å². The van der Waals surface area contributed by atoms with Gasteiger partial charge in [-0.15, -0.1) is 0 Å². The fourth-order valence-corrected chi connectivity index (χ4v) is 4.16. The third kappa shape index (κ3) is 3.52. The highest BCUT2D eigenvalue weighted by molar-refractivity contribution is 5.84. The minimum absolute atomic E-state index is 0.262. The Hall–Kier alpha value is -2.55. The zero-order valence-electron chi connectivity index (χ0n) is 15.4. The zero-order valence-corrected chi connectivity index (χ0v) is 15.4. The second kappa shape index (κ2) is 7.36. The molecule has 26 heavy (non-hydrogen) atoms. The molecule has 0 unspecified atom stereocenters. The molecule has 0 saturated carbocycles. The number of aromatic amines is 1. The van der Waals surface area contributed by atoms with Crippen molar-refractivity contribution in [1.29, 1.82) is 0 Å². The smallest absolute Gasteiger partial charge is 0.226 e. The van der Waals surface area contributed by atoms with E-state index >= 15 is 0 Å². The van der Waals surface area contributed by atoms with Crippen LogP contribution in [0.1, 0.15) is 29.7 Å². The summed E-state index contributed by atoms with van der Waals surface area (Å²) in [6.07, 6.45) is 3.82. The average molecular weight is 346 g/mol. The van der Waals surface area contributed by atoms with Gasteiger partial charge >= 0.3 is 0 Å². The Balaban J connectivity index is 1.36. The Labute approximate surface area is 155 Å². The van der Waals surface area contributed by atoms with Crippen LogP contribution in [0.5, 0.6) is 0 Å². The molecule has 1 aromatic heterocycles. The van der Waals surface area contributed by atoms with E-state index in [1.165, 1.54) is 22.2 Å². The number of nitrogens with one attached hydrogen (secondary N) is 1. The van der Waals surface area contributed by atoms with E-state index in [1.54, 1.807) is 0 Å². The van der Waals surface area contributed by atoms with Crippen molar-refractivity contribution in [2.24, 2.45) is 5.92 Å². The van der Waals surface area contributed by atoms with E-state index in [0.29, 0.717) is 12.3 Å². The number of para-hydroxylation sites is 1. The van der Waals surface area contributed by atoms with Gasteiger partial charge in [0, 0.05) is 29.7 Å². The number of H-pyrrole nitrogens is 1. The summed E-state index contributed by atoms with van der Waals surface area (Å²) < 4.78 is 0. The average Bonchev–Trinajstić information content (AvgIpc) is 2.98. The number of carbonyl (C=O) groups excluding carboxylic acids is 1. The van der Waals surface area contributed by atoms with Crippen molar-refractivity contribution in [3.8, 4) is 0 Å². The minimum Gasteiger partial charge on any atom is -0.358 e. The molecule has 1 N–H and O–H groups in total. The number of hydrogen-bond acceptors (Lipinski definition) is 1. The Morgan fingerprint density at radius 3 is 2.50 bits per heavy atom. The summed E-state index contributed by atoms with van der Waals surface area (Å²) in [5.41, 5.74) is 5.08. The van der Waals surface area contributed by atoms with E-state index in [1.807, 2.05) is 35.2 Å². The molecule has 2 heterocycles. The van der Waals surface area contributed by atoms with Crippen molar-refractivity contribution in [1.82, 2.24) is 9.88 Å². The molecule has 3 nitrogen and oxygen atoms in total. The van der Waals surface area contributed by atoms with E-state index in [2.05, 4.69) is 36.2 Å². The van der Waals surface area contributed by atoms with Gasteiger partial charge in [0.2, 0.25) is 5.91 Å². The monoisotopic (exact) mass is 346 g/mol. The van der Waals surface area contributed by atoms with Crippen molar-refractivity contribution < 1.29 is 4.79 Å². The van der Waals surface area contributed by atoms with Gasteiger partial charge < -0.3 is 9.88 Å². The van der Waals surface area contributed by atoms with E-state index in [4.69, 9.17) is 0 Å². The molecule has 3 aromatic rings. The highest BCUT2D eigenvalue weighted by Gasteiger charge is 2.24. The molecule has 2 aromatic carbocycles. The van der Waals surface area contributed by atoms with Gasteiger partial charge in [-0.1, -0.05) is 48.5 Å². The summed E-state index contributed by atoms with van der Waals surface area (Å²) in [6.45, 7) is 3.95. The van der Waals surface area contributed by atoms with E-state index < -0.39 is 0 Å². The summed E-state index contributed by atoms with van der Waals surface area (Å²) in [6, 6.07) is 18.6. The minimum atomic E-state index is 0.262. The Morgan fingerprint density at radius 2 is 1.73 bits per heavy atom. The molecule has 0 bridgehead atoms. The van der Waals surface area contributed by atoms with Crippen molar-refractivity contribution in [3.05, 3.63) is 71.4 Å². The van der Waals surface area contributed by atoms with Gasteiger partial charge in [-0.05, 0) is 49.3 Å². The van der Waals surface area contributed by atoms with E-state index in [9.17, 15) is 4.79 Å². The highest BCUT2D eigenvalue weighted by atomic mass is 16.2. The Morgan fingerprint density at radius 1 is 1.04 bits per heavy atom. The number of nitrogens with zero attached hydrogens (tertiary/aromatic N) is 1. The lowest BCUT2D eigenvalue weighted by Crippen LogP contribution is -2.39. The molecule has 4 rings (SSSR count). The molecule has 3 heteroatoms. The number of aromatic nitrogens is 1. The number of likely N-dealkylation sites (tertiary alicyclic amines) is 1. The van der Waals surface area contributed by atoms with Gasteiger partial charge in [0.1, 0.15) is 0 Å². The number of benzene rings is 2. The summed E-state index contributed by atoms with van der Waals surface area (Å²) in [4.78, 5) is 18.1. The molecule has 1 amide bonds. The number of hydrogen-bond donors (Lipinski definition) is 1. The van der Waals surface area contributed by atoms with Crippen molar-refractivity contribution in [2.75, 3.05) is 13.1 Å². The predicted molar refractivity (Wildman–Crippen MR) is 106 cm³/mol. The summed E-state index contributed by atoms with van der Waals surface area (Å²) >= 11 is 0. The van der Waals surface area contributed by atoms with Crippen LogP contribution in [-0.2, 0) is 17.6 Å². The first-order chi connectivity index (χ1) is 12.7. The first-order valence-electron chi connectivity index (χ1n) is 9.58. The number of carbonyl (C=O) groups is 1. The van der Waals surface area contributed by atoms with Gasteiger partial charge in [0.15, 0.2) is 0 Å². The quantitative estimate of drug-likeness (QED) is 0.742. The van der Waals surface area contributed by atoms with Crippen LogP contribution in [0.4, 0.5) is 0 Å². The molecule has 1 aliphatic rings. The number of aryl methyl sites for hydroxylation is 1. The number of piperidine rings is 1. The van der Waals surface area contributed by atoms with Gasteiger partial charge in [-0.2, -0.15) is 0 Å². The van der Waals surface area contributed by atoms with Crippen LogP contribution in [0, 0.1) is 12.8 Å². The van der Waals surface area contributed by atoms with Crippen molar-refractivity contribution >= 4 is 16.8 Å². The fourth-order valence-electron chi connectivity index (χ4n) is 4.16. The molecule has 0 atom stereocenters. The van der Waals surface area contributed by atoms with Crippen molar-refractivity contribution in [3.63, 3.8) is 0 Å². The first kappa shape index (κ1) is 16.9. The highest BCUT2D eigenvalue weighted by Crippen LogP contribution is 2.28. The number of amides is 1. The summed E-state index contributed by atoms with van der Waals surface area (Å²) in [5.74, 6) is 0.923. The standard InChI is InChI=1S/C23H26N2O/c1-17-21(20-9-5-6-10-22(20)24-17)15-19-11-13-25(14-12-19)23(26)16-18-7-3-2-4-8-18/h2-10,19,24H,11-16H2,1H3. The third-order valence-electron chi connectivity index (χ3n) is 5.69. The van der Waals surface area contributed by atoms with Gasteiger partial charge in [-0.25, -0.2) is 0 Å². The second-order valence-electron chi connectivity index (χ2n) is 7.46. The Bertz CT molecular complexity index is 889. The van der Waals surface area contributed by atoms with Crippen LogP contribution in [0.15, 0.2) is 54.6 Å². The molecular formula is C23H26N2O. The van der Waals surface area contributed by atoms with Gasteiger partial charge in [-0.3, -0.25) is 4.79 Å². The topological polar surface area (TPSA) is 36.1 Å². The maximum absolute atomic E-state index is 12.5. The third-order valence-corrected chi connectivity index (χ3v) is 5.69. The van der Waals surface area contributed by atoms with Crippen LogP contribution in [-0.4, -0.2) is 28.9 Å². The van der Waals surface area contributed by atoms with Crippen LogP contribution in [0.25, 0.3) is 10.9 Å². The predicted octanol–water partition coefficient (Wildman–Crippen LogP) is 4.50. The molecule has 1 aliphatic heterocycles. The van der Waals surface area contributed by atoms with Gasteiger partial charge in [0.05, 0.1) is 6.42 Å². The van der Waals surface area contributed by atoms with Crippen LogP contribution in [0.3, 0.4) is 0 Å². The maximum Gasteiger partial charge on any atom is 0.226 e. The number of fused-ring (bicyclic) bond motifs is 1. The van der Waals surface area contributed by atoms with E-state index in [0.717, 1.165) is 37.9 Å². The molecule has 0 radical (unpaired) electrons. The summed E-state index contributed by atoms with van der Waals surface area (Å²) in [5, 5.41) is 1.35. The lowest BCUT2D eigenvalue weighted by molar-refractivity contribution is -0.131. The lowest BCUT2D eigenvalue weighted by Gasteiger charge is -2.32. The summed E-state index contributed by atoms with van der Waals surface area (Å²) in [7, 11) is 0. The molecule has 0 aliphatic carbocycles. The van der Waals surface area contributed by atoms with Crippen LogP contribution < -0.4 is 0 Å².